The Morgan fingerprint density at radius 3 is 0.750 bits per heavy atom. The summed E-state index contributed by atoms with van der Waals surface area (Å²) in [6.45, 7) is 0. The smallest absolute Gasteiger partial charge is 0.894 e. The van der Waals surface area contributed by atoms with Crippen LogP contribution in [0.2, 0.25) is 0 Å². The SMILES string of the molecule is O[Si](O)(O)O.[Ca+2].[Mg+2].[O-][Si]([O-])([O-])[O-]. The van der Waals surface area contributed by atoms with Crippen LogP contribution in [0.15, 0.2) is 0 Å². The maximum absolute atomic E-state index is 8.58. The maximum atomic E-state index is 8.58. The molecule has 0 amide bonds. The van der Waals surface area contributed by atoms with Gasteiger partial charge in [0.25, 0.3) is 0 Å². The molecule has 0 saturated carbocycles. The minimum atomic E-state index is -5.61. The molecule has 0 saturated heterocycles. The van der Waals surface area contributed by atoms with Gasteiger partial charge in [0, 0.05) is 0 Å². The molecule has 0 aliphatic rings. The fourth-order valence-electron chi connectivity index (χ4n) is 0. The normalized spacial score (nSPS) is 10.0. The third-order valence-electron chi connectivity index (χ3n) is 0. The van der Waals surface area contributed by atoms with Crippen LogP contribution >= 0.6 is 0 Å². The van der Waals surface area contributed by atoms with Crippen molar-refractivity contribution in [1.82, 2.24) is 0 Å². The van der Waals surface area contributed by atoms with Crippen molar-refractivity contribution >= 4 is 78.9 Å². The number of hydrogen-bond donors (Lipinski definition) is 4. The number of hydrogen-bond acceptors (Lipinski definition) is 8. The molecule has 0 fully saturated rings. The van der Waals surface area contributed by atoms with Crippen LogP contribution in [0.25, 0.3) is 0 Å². The van der Waals surface area contributed by atoms with Crippen molar-refractivity contribution in [2.24, 2.45) is 0 Å². The second-order valence-corrected chi connectivity index (χ2v) is 3.30. The molecule has 0 radical (unpaired) electrons. The molecule has 4 N–H and O–H groups in total. The van der Waals surface area contributed by atoms with Crippen LogP contribution in [-0.2, 0) is 0 Å². The quantitative estimate of drug-likeness (QED) is 0.307. The average Bonchev–Trinajstić information content (AvgIpc) is 1.12. The first-order valence-corrected chi connectivity index (χ1v) is 5.13. The Morgan fingerprint density at radius 1 is 0.750 bits per heavy atom. The van der Waals surface area contributed by atoms with E-state index in [2.05, 4.69) is 0 Å². The standard InChI is InChI=1S/Ca.Mg.H4O4Si.O4Si/c;;2*1-5(2,3)4/h;;1-4H;/q2*+2;;-4. The van der Waals surface area contributed by atoms with Gasteiger partial charge in [0.1, 0.15) is 0 Å². The Labute approximate surface area is 116 Å². The van der Waals surface area contributed by atoms with Crippen LogP contribution in [0, 0.1) is 0 Å². The van der Waals surface area contributed by atoms with Gasteiger partial charge in [-0.3, -0.25) is 0 Å². The largest absolute Gasteiger partial charge is 2.00 e. The van der Waals surface area contributed by atoms with Crippen LogP contribution in [0.1, 0.15) is 0 Å². The van der Waals surface area contributed by atoms with Crippen molar-refractivity contribution in [2.75, 3.05) is 0 Å². The second-order valence-electron chi connectivity index (χ2n) is 1.10. The summed E-state index contributed by atoms with van der Waals surface area (Å²) >= 11 is 0. The van der Waals surface area contributed by atoms with Gasteiger partial charge in [-0.25, -0.2) is 0 Å². The van der Waals surface area contributed by atoms with E-state index in [1.807, 2.05) is 0 Å². The molecule has 0 aromatic rings. The predicted molar refractivity (Wildman–Crippen MR) is 31.9 cm³/mol. The molecule has 12 heteroatoms. The van der Waals surface area contributed by atoms with Crippen molar-refractivity contribution in [1.29, 1.82) is 0 Å². The van der Waals surface area contributed by atoms with Gasteiger partial charge < -0.3 is 47.4 Å². The molecule has 12 heavy (non-hydrogen) atoms. The molecule has 0 unspecified atom stereocenters. The van der Waals surface area contributed by atoms with E-state index in [-0.39, 0.29) is 60.8 Å². The van der Waals surface area contributed by atoms with Crippen LogP contribution in [-0.4, -0.2) is 98.1 Å². The van der Waals surface area contributed by atoms with E-state index in [0.717, 1.165) is 0 Å². The van der Waals surface area contributed by atoms with E-state index in [0.29, 0.717) is 0 Å². The molecule has 0 aliphatic carbocycles. The summed E-state index contributed by atoms with van der Waals surface area (Å²) < 4.78 is 0. The fraction of sp³-hybridized carbons (Fsp3) is 0. The molecule has 0 aromatic heterocycles. The summed E-state index contributed by atoms with van der Waals surface area (Å²) in [6.07, 6.45) is 0. The molecule has 8 nitrogen and oxygen atoms in total. The first-order valence-electron chi connectivity index (χ1n) is 1.71. The molecule has 0 rings (SSSR count). The topological polar surface area (TPSA) is 173 Å². The van der Waals surface area contributed by atoms with E-state index < -0.39 is 18.1 Å². The third kappa shape index (κ3) is 329. The summed E-state index contributed by atoms with van der Waals surface area (Å²) in [4.78, 5) is 63.6. The van der Waals surface area contributed by atoms with Gasteiger partial charge in [0.2, 0.25) is 0 Å². The van der Waals surface area contributed by atoms with Gasteiger partial charge >= 0.3 is 69.8 Å². The molecule has 0 atom stereocenters. The van der Waals surface area contributed by atoms with Gasteiger partial charge in [0.15, 0.2) is 0 Å². The van der Waals surface area contributed by atoms with E-state index in [1.165, 1.54) is 0 Å². The molecule has 0 aromatic carbocycles. The molecule has 0 spiro atoms. The molecule has 0 bridgehead atoms. The third-order valence-corrected chi connectivity index (χ3v) is 0. The van der Waals surface area contributed by atoms with Crippen molar-refractivity contribution in [2.45, 2.75) is 0 Å². The monoisotopic (exact) mass is 252 g/mol. The molecular formula is H4CaMgO8Si2. The summed E-state index contributed by atoms with van der Waals surface area (Å²) in [7, 11) is -10.2. The van der Waals surface area contributed by atoms with Gasteiger partial charge in [-0.15, -0.1) is 0 Å². The molecule has 64 valence electrons. The number of rotatable bonds is 0. The van der Waals surface area contributed by atoms with Crippen LogP contribution in [0.5, 0.6) is 0 Å². The molecule has 0 heterocycles. The van der Waals surface area contributed by atoms with E-state index >= 15 is 0 Å². The minimum Gasteiger partial charge on any atom is -0.894 e. The van der Waals surface area contributed by atoms with Crippen molar-refractivity contribution in [3.63, 3.8) is 0 Å². The van der Waals surface area contributed by atoms with Crippen LogP contribution in [0.4, 0.5) is 0 Å². The van der Waals surface area contributed by atoms with Gasteiger partial charge in [0.05, 0.1) is 0 Å². The van der Waals surface area contributed by atoms with E-state index in [9.17, 15) is 0 Å². The fourth-order valence-corrected chi connectivity index (χ4v) is 0. The van der Waals surface area contributed by atoms with E-state index in [4.69, 9.17) is 38.4 Å². The first kappa shape index (κ1) is 23.7. The zero-order chi connectivity index (χ0) is 9.00. The zero-order valence-electron chi connectivity index (χ0n) is 5.84. The Hall–Kier alpha value is 2.14. The van der Waals surface area contributed by atoms with Crippen molar-refractivity contribution in [3.05, 3.63) is 0 Å². The average molecular weight is 253 g/mol. The summed E-state index contributed by atoms with van der Waals surface area (Å²) in [5, 5.41) is 0. The Kier molecular flexibility index (Phi) is 19.2. The van der Waals surface area contributed by atoms with E-state index in [1.54, 1.807) is 0 Å². The van der Waals surface area contributed by atoms with Crippen molar-refractivity contribution in [3.8, 4) is 0 Å². The summed E-state index contributed by atoms with van der Waals surface area (Å²) in [5.74, 6) is 0. The predicted octanol–water partition coefficient (Wildman–Crippen LogP) is -8.51. The van der Waals surface area contributed by atoms with Gasteiger partial charge in [-0.05, 0) is 0 Å². The molecule has 0 aliphatic heterocycles. The van der Waals surface area contributed by atoms with Crippen molar-refractivity contribution < 1.29 is 38.4 Å². The Morgan fingerprint density at radius 2 is 0.750 bits per heavy atom. The zero-order valence-corrected chi connectivity index (χ0v) is 11.5. The first-order chi connectivity index (χ1) is 4.00. The minimum absolute atomic E-state index is 0. The van der Waals surface area contributed by atoms with Crippen LogP contribution in [0.3, 0.4) is 0 Å². The Bertz CT molecular complexity index is 60.0. The second kappa shape index (κ2) is 9.69. The Balaban J connectivity index is -0.0000000457. The van der Waals surface area contributed by atoms with Gasteiger partial charge in [-0.1, -0.05) is 0 Å². The molecular weight excluding hydrogens is 249 g/mol. The maximum Gasteiger partial charge on any atom is 2.00 e. The summed E-state index contributed by atoms with van der Waals surface area (Å²) in [6, 6.07) is 0. The van der Waals surface area contributed by atoms with Crippen LogP contribution < -0.4 is 19.2 Å². The van der Waals surface area contributed by atoms with Gasteiger partial charge in [-0.2, -0.15) is 0 Å². The summed E-state index contributed by atoms with van der Waals surface area (Å²) in [5.41, 5.74) is 0.